The van der Waals surface area contributed by atoms with Crippen molar-refractivity contribution in [2.75, 3.05) is 6.54 Å². The summed E-state index contributed by atoms with van der Waals surface area (Å²) >= 11 is 0. The van der Waals surface area contributed by atoms with Gasteiger partial charge < -0.3 is 10.5 Å². The number of fused-ring (bicyclic) bond motifs is 1. The Balaban J connectivity index is 2.24. The molecule has 2 N–H and O–H groups in total. The molecule has 0 aliphatic carbocycles. The van der Waals surface area contributed by atoms with Gasteiger partial charge in [0, 0.05) is 6.54 Å². The van der Waals surface area contributed by atoms with E-state index in [-0.39, 0.29) is 6.10 Å². The number of hydrogen-bond donors (Lipinski definition) is 1. The fraction of sp³-hybridized carbons (Fsp3) is 0.333. The van der Waals surface area contributed by atoms with E-state index in [4.69, 9.17) is 10.5 Å². The van der Waals surface area contributed by atoms with Crippen molar-refractivity contribution in [2.45, 2.75) is 20.0 Å². The van der Waals surface area contributed by atoms with Crippen LogP contribution in [0.1, 0.15) is 13.8 Å². The van der Waals surface area contributed by atoms with E-state index in [0.717, 1.165) is 5.75 Å². The molecule has 0 aliphatic rings. The summed E-state index contributed by atoms with van der Waals surface area (Å²) in [7, 11) is 0. The fourth-order valence-electron chi connectivity index (χ4n) is 1.87. The third-order valence-electron chi connectivity index (χ3n) is 2.98. The van der Waals surface area contributed by atoms with Crippen molar-refractivity contribution < 1.29 is 4.74 Å². The lowest BCUT2D eigenvalue weighted by Crippen LogP contribution is -2.31. The Labute approximate surface area is 102 Å². The zero-order chi connectivity index (χ0) is 12.3. The van der Waals surface area contributed by atoms with Crippen LogP contribution in [0, 0.1) is 5.92 Å². The Hall–Kier alpha value is -1.54. The van der Waals surface area contributed by atoms with Crippen molar-refractivity contribution in [2.24, 2.45) is 11.7 Å². The molecule has 0 spiro atoms. The lowest BCUT2D eigenvalue weighted by molar-refractivity contribution is 0.159. The lowest BCUT2D eigenvalue weighted by Gasteiger charge is -2.21. The first kappa shape index (κ1) is 11.9. The first-order chi connectivity index (χ1) is 8.20. The van der Waals surface area contributed by atoms with E-state index in [2.05, 4.69) is 38.1 Å². The van der Waals surface area contributed by atoms with Gasteiger partial charge in [-0.05, 0) is 28.8 Å². The Morgan fingerprint density at radius 2 is 1.76 bits per heavy atom. The second kappa shape index (κ2) is 5.19. The molecule has 0 saturated carbocycles. The minimum absolute atomic E-state index is 0.0798. The molecule has 2 nitrogen and oxygen atoms in total. The van der Waals surface area contributed by atoms with Crippen LogP contribution in [0.3, 0.4) is 0 Å². The first-order valence-corrected chi connectivity index (χ1v) is 6.06. The summed E-state index contributed by atoms with van der Waals surface area (Å²) in [6, 6.07) is 14.4. The van der Waals surface area contributed by atoms with Crippen molar-refractivity contribution in [3.05, 3.63) is 42.5 Å². The summed E-state index contributed by atoms with van der Waals surface area (Å²) in [5.74, 6) is 1.32. The van der Waals surface area contributed by atoms with E-state index in [1.165, 1.54) is 10.8 Å². The van der Waals surface area contributed by atoms with Gasteiger partial charge in [0.1, 0.15) is 11.9 Å². The van der Waals surface area contributed by atoms with Crippen molar-refractivity contribution in [1.82, 2.24) is 0 Å². The molecule has 0 saturated heterocycles. The van der Waals surface area contributed by atoms with Crippen LogP contribution in [0.5, 0.6) is 5.75 Å². The van der Waals surface area contributed by atoms with Crippen LogP contribution >= 0.6 is 0 Å². The lowest BCUT2D eigenvalue weighted by atomic mass is 10.1. The van der Waals surface area contributed by atoms with E-state index >= 15 is 0 Å². The molecule has 2 aromatic carbocycles. The minimum atomic E-state index is 0.0798. The maximum absolute atomic E-state index is 5.91. The van der Waals surface area contributed by atoms with Gasteiger partial charge in [-0.25, -0.2) is 0 Å². The van der Waals surface area contributed by atoms with Crippen molar-refractivity contribution >= 4 is 10.8 Å². The molecule has 0 amide bonds. The quantitative estimate of drug-likeness (QED) is 0.873. The molecule has 2 heteroatoms. The summed E-state index contributed by atoms with van der Waals surface area (Å²) in [4.78, 5) is 0. The van der Waals surface area contributed by atoms with Gasteiger partial charge in [-0.3, -0.25) is 0 Å². The normalized spacial score (nSPS) is 12.9. The minimum Gasteiger partial charge on any atom is -0.489 e. The number of benzene rings is 2. The van der Waals surface area contributed by atoms with Crippen LogP contribution in [-0.4, -0.2) is 12.6 Å². The number of rotatable bonds is 4. The van der Waals surface area contributed by atoms with Crippen LogP contribution in [-0.2, 0) is 0 Å². The third kappa shape index (κ3) is 2.77. The highest BCUT2D eigenvalue weighted by Crippen LogP contribution is 2.22. The summed E-state index contributed by atoms with van der Waals surface area (Å²) in [6.07, 6.45) is 0.0798. The molecule has 0 aromatic heterocycles. The Bertz CT molecular complexity index is 493. The zero-order valence-electron chi connectivity index (χ0n) is 10.4. The van der Waals surface area contributed by atoms with Crippen LogP contribution < -0.4 is 10.5 Å². The average Bonchev–Trinajstić information content (AvgIpc) is 2.35. The van der Waals surface area contributed by atoms with Gasteiger partial charge >= 0.3 is 0 Å². The predicted molar refractivity (Wildman–Crippen MR) is 72.3 cm³/mol. The van der Waals surface area contributed by atoms with Gasteiger partial charge in [0.15, 0.2) is 0 Å². The molecule has 0 fully saturated rings. The van der Waals surface area contributed by atoms with Gasteiger partial charge in [-0.1, -0.05) is 44.2 Å². The fourth-order valence-corrected chi connectivity index (χ4v) is 1.87. The molecule has 0 heterocycles. The van der Waals surface area contributed by atoms with Gasteiger partial charge in [-0.15, -0.1) is 0 Å². The highest BCUT2D eigenvalue weighted by molar-refractivity contribution is 5.83. The molecule has 0 bridgehead atoms. The maximum Gasteiger partial charge on any atom is 0.120 e. The summed E-state index contributed by atoms with van der Waals surface area (Å²) < 4.78 is 5.91. The number of nitrogens with two attached hydrogens (primary N) is 1. The first-order valence-electron chi connectivity index (χ1n) is 6.06. The Kier molecular flexibility index (Phi) is 3.64. The van der Waals surface area contributed by atoms with E-state index in [1.807, 2.05) is 18.2 Å². The molecule has 90 valence electrons. The molecule has 2 rings (SSSR count). The van der Waals surface area contributed by atoms with Crippen molar-refractivity contribution in [3.63, 3.8) is 0 Å². The molecular formula is C15H19NO. The predicted octanol–water partition coefficient (Wildman–Crippen LogP) is 3.20. The Morgan fingerprint density at radius 1 is 1.06 bits per heavy atom. The molecular weight excluding hydrogens is 210 g/mol. The highest BCUT2D eigenvalue weighted by Gasteiger charge is 2.12. The van der Waals surface area contributed by atoms with Crippen molar-refractivity contribution in [3.8, 4) is 5.75 Å². The highest BCUT2D eigenvalue weighted by atomic mass is 16.5. The summed E-state index contributed by atoms with van der Waals surface area (Å²) in [6.45, 7) is 4.79. The zero-order valence-corrected chi connectivity index (χ0v) is 10.4. The monoisotopic (exact) mass is 229 g/mol. The molecule has 0 radical (unpaired) electrons. The second-order valence-corrected chi connectivity index (χ2v) is 4.64. The summed E-state index contributed by atoms with van der Waals surface area (Å²) in [5.41, 5.74) is 5.71. The Morgan fingerprint density at radius 3 is 2.41 bits per heavy atom. The van der Waals surface area contributed by atoms with Gasteiger partial charge in [0.05, 0.1) is 0 Å². The molecule has 17 heavy (non-hydrogen) atoms. The number of ether oxygens (including phenoxy) is 1. The third-order valence-corrected chi connectivity index (χ3v) is 2.98. The van der Waals surface area contributed by atoms with Crippen molar-refractivity contribution in [1.29, 1.82) is 0 Å². The smallest absolute Gasteiger partial charge is 0.120 e. The molecule has 1 unspecified atom stereocenters. The SMILES string of the molecule is CC(C)C(CN)Oc1ccc2ccccc2c1. The standard InChI is InChI=1S/C15H19NO/c1-11(2)15(10-16)17-14-8-7-12-5-3-4-6-13(12)9-14/h3-9,11,15H,10,16H2,1-2H3. The largest absolute Gasteiger partial charge is 0.489 e. The maximum atomic E-state index is 5.91. The average molecular weight is 229 g/mol. The molecule has 1 atom stereocenters. The summed E-state index contributed by atoms with van der Waals surface area (Å²) in [5, 5.41) is 2.43. The number of hydrogen-bond acceptors (Lipinski definition) is 2. The topological polar surface area (TPSA) is 35.2 Å². The van der Waals surface area contributed by atoms with Crippen LogP contribution in [0.15, 0.2) is 42.5 Å². The van der Waals surface area contributed by atoms with E-state index in [9.17, 15) is 0 Å². The van der Waals surface area contributed by atoms with E-state index < -0.39 is 0 Å². The van der Waals surface area contributed by atoms with Gasteiger partial charge in [0.25, 0.3) is 0 Å². The van der Waals surface area contributed by atoms with Gasteiger partial charge in [-0.2, -0.15) is 0 Å². The molecule has 2 aromatic rings. The van der Waals surface area contributed by atoms with Gasteiger partial charge in [0.2, 0.25) is 0 Å². The molecule has 0 aliphatic heterocycles. The van der Waals surface area contributed by atoms with Crippen LogP contribution in [0.4, 0.5) is 0 Å². The van der Waals surface area contributed by atoms with E-state index in [1.54, 1.807) is 0 Å². The second-order valence-electron chi connectivity index (χ2n) is 4.64. The van der Waals surface area contributed by atoms with E-state index in [0.29, 0.717) is 12.5 Å². The van der Waals surface area contributed by atoms with Crippen LogP contribution in [0.25, 0.3) is 10.8 Å². The van der Waals surface area contributed by atoms with Crippen LogP contribution in [0.2, 0.25) is 0 Å².